The number of piperazine rings is 1. The first kappa shape index (κ1) is 22.3. The zero-order valence-electron chi connectivity index (χ0n) is 17.6. The lowest BCUT2D eigenvalue weighted by Crippen LogP contribution is -2.49. The number of azo groups is 1. The zero-order valence-corrected chi connectivity index (χ0v) is 18.5. The van der Waals surface area contributed by atoms with Crippen molar-refractivity contribution in [2.75, 3.05) is 33.2 Å². The van der Waals surface area contributed by atoms with Gasteiger partial charge in [-0.2, -0.15) is 4.55 Å². The van der Waals surface area contributed by atoms with Crippen LogP contribution in [0.4, 0.5) is 5.69 Å². The Morgan fingerprint density at radius 1 is 1.25 bits per heavy atom. The minimum absolute atomic E-state index is 0.0421. The van der Waals surface area contributed by atoms with E-state index in [1.165, 1.54) is 6.07 Å². The largest absolute Gasteiger partial charge is 0.508 e. The number of aliphatic hydroxyl groups excluding tert-OH is 1. The number of hydrogen-bond acceptors (Lipinski definition) is 6. The van der Waals surface area contributed by atoms with Gasteiger partial charge < -0.3 is 20.1 Å². The first-order valence-corrected chi connectivity index (χ1v) is 11.8. The Morgan fingerprint density at radius 3 is 2.69 bits per heavy atom. The summed E-state index contributed by atoms with van der Waals surface area (Å²) < 4.78 is 25.5. The van der Waals surface area contributed by atoms with Crippen molar-refractivity contribution in [3.8, 4) is 5.88 Å². The van der Waals surface area contributed by atoms with Crippen molar-refractivity contribution in [2.45, 2.75) is 17.7 Å². The topological polar surface area (TPSA) is 142 Å². The van der Waals surface area contributed by atoms with Gasteiger partial charge in [-0.05, 0) is 41.8 Å². The van der Waals surface area contributed by atoms with Crippen LogP contribution in [-0.2, 0) is 19.4 Å². The van der Waals surface area contributed by atoms with E-state index in [0.717, 1.165) is 0 Å². The highest BCUT2D eigenvalue weighted by atomic mass is 32.3. The predicted octanol–water partition coefficient (Wildman–Crippen LogP) is 3.39. The number of carbonyl (C=O) groups is 1. The second-order valence-corrected chi connectivity index (χ2v) is 10.0. The molecule has 2 heterocycles. The Hall–Kier alpha value is -2.86. The van der Waals surface area contributed by atoms with E-state index in [-0.39, 0.29) is 34.6 Å². The van der Waals surface area contributed by atoms with E-state index in [4.69, 9.17) is 0 Å². The van der Waals surface area contributed by atoms with Gasteiger partial charge in [0.25, 0.3) is 5.91 Å². The summed E-state index contributed by atoms with van der Waals surface area (Å²) in [5.74, 6) is -0.652. The third-order valence-electron chi connectivity index (χ3n) is 5.71. The van der Waals surface area contributed by atoms with Crippen molar-refractivity contribution in [3.63, 3.8) is 0 Å². The predicted molar refractivity (Wildman–Crippen MR) is 120 cm³/mol. The summed E-state index contributed by atoms with van der Waals surface area (Å²) in [6, 6.07) is 4.65. The minimum atomic E-state index is -3.45. The maximum absolute atomic E-state index is 13.2. The van der Waals surface area contributed by atoms with Crippen molar-refractivity contribution >= 4 is 32.9 Å². The fourth-order valence-electron chi connectivity index (χ4n) is 3.77. The number of aromatic amines is 1. The van der Waals surface area contributed by atoms with E-state index in [0.29, 0.717) is 43.5 Å². The third kappa shape index (κ3) is 4.65. The molecule has 1 aromatic carbocycles. The number of allylic oxidation sites excluding steroid dienone is 3. The Labute approximate surface area is 186 Å². The number of nitrogens with one attached hydrogen (secondary N) is 1. The van der Waals surface area contributed by atoms with Crippen LogP contribution in [0.3, 0.4) is 0 Å². The molecule has 1 saturated heterocycles. The number of hydrogen-bond donors (Lipinski definition) is 4. The number of rotatable bonds is 5. The van der Waals surface area contributed by atoms with Crippen LogP contribution in [0, 0.1) is 5.92 Å². The average molecular weight is 461 g/mol. The Morgan fingerprint density at radius 2 is 2.00 bits per heavy atom. The molecule has 2 atom stereocenters. The molecular weight excluding hydrogens is 434 g/mol. The number of aliphatic hydroxyl groups is 1. The normalized spacial score (nSPS) is 22.3. The molecule has 4 rings (SSSR count). The van der Waals surface area contributed by atoms with Crippen molar-refractivity contribution in [1.82, 2.24) is 14.2 Å². The summed E-state index contributed by atoms with van der Waals surface area (Å²) in [4.78, 5) is 17.3. The molecule has 1 aromatic heterocycles. The molecule has 11 heteroatoms. The van der Waals surface area contributed by atoms with E-state index in [1.54, 1.807) is 34.7 Å². The van der Waals surface area contributed by atoms with Gasteiger partial charge in [-0.3, -0.25) is 4.79 Å². The summed E-state index contributed by atoms with van der Waals surface area (Å²) in [5, 5.41) is 27.7. The lowest BCUT2D eigenvalue weighted by Gasteiger charge is -2.29. The number of carbonyl (C=O) groups excluding carboxylic acids is 1. The highest BCUT2D eigenvalue weighted by Crippen LogP contribution is 2.38. The molecule has 1 fully saturated rings. The molecule has 1 aliphatic carbocycles. The van der Waals surface area contributed by atoms with E-state index in [9.17, 15) is 23.8 Å². The molecule has 170 valence electrons. The SMILES string of the molecule is CN1CCN([S+](=O)(O)c2ccc3[nH]c(O)c(N=NC(=O)CC4C=CC(O)=CC4)c3c2)CC1. The van der Waals surface area contributed by atoms with Crippen molar-refractivity contribution in [2.24, 2.45) is 16.1 Å². The van der Waals surface area contributed by atoms with Gasteiger partial charge in [0.2, 0.25) is 10.8 Å². The average Bonchev–Trinajstić information content (AvgIpc) is 3.08. The molecule has 0 radical (unpaired) electrons. The van der Waals surface area contributed by atoms with Crippen LogP contribution in [-0.4, -0.2) is 68.1 Å². The number of amides is 1. The van der Waals surface area contributed by atoms with Crippen molar-refractivity contribution < 1.29 is 23.8 Å². The van der Waals surface area contributed by atoms with Crippen LogP contribution >= 0.6 is 0 Å². The monoisotopic (exact) mass is 460 g/mol. The number of H-pyrrole nitrogens is 1. The van der Waals surface area contributed by atoms with Crippen LogP contribution in [0.25, 0.3) is 10.9 Å². The number of aromatic nitrogens is 1. The fourth-order valence-corrected chi connectivity index (χ4v) is 5.24. The second kappa shape index (κ2) is 8.94. The Kier molecular flexibility index (Phi) is 6.24. The molecule has 2 aromatic rings. The van der Waals surface area contributed by atoms with Gasteiger partial charge in [-0.1, -0.05) is 10.4 Å². The van der Waals surface area contributed by atoms with E-state index < -0.39 is 16.3 Å². The fraction of sp³-hybridized carbons (Fsp3) is 0.381. The number of fused-ring (bicyclic) bond motifs is 1. The van der Waals surface area contributed by atoms with Gasteiger partial charge in [0.1, 0.15) is 5.76 Å². The van der Waals surface area contributed by atoms with Gasteiger partial charge in [0.15, 0.2) is 5.69 Å². The highest BCUT2D eigenvalue weighted by molar-refractivity contribution is 7.95. The maximum Gasteiger partial charge on any atom is 0.325 e. The van der Waals surface area contributed by atoms with E-state index in [2.05, 4.69) is 20.1 Å². The highest BCUT2D eigenvalue weighted by Gasteiger charge is 2.40. The molecule has 4 N–H and O–H groups in total. The smallest absolute Gasteiger partial charge is 0.325 e. The second-order valence-electron chi connectivity index (χ2n) is 8.04. The number of benzene rings is 1. The van der Waals surface area contributed by atoms with Crippen molar-refractivity contribution in [3.05, 3.63) is 42.2 Å². The molecule has 2 aliphatic rings. The molecule has 0 bridgehead atoms. The van der Waals surface area contributed by atoms with Gasteiger partial charge >= 0.3 is 10.4 Å². The van der Waals surface area contributed by atoms with Gasteiger partial charge in [-0.15, -0.1) is 10.2 Å². The molecule has 0 spiro atoms. The minimum Gasteiger partial charge on any atom is -0.508 e. The van der Waals surface area contributed by atoms with Crippen molar-refractivity contribution in [1.29, 1.82) is 0 Å². The first-order valence-electron chi connectivity index (χ1n) is 10.3. The molecule has 0 saturated carbocycles. The molecule has 1 aliphatic heterocycles. The van der Waals surface area contributed by atoms with E-state index in [1.807, 2.05) is 7.05 Å². The molecule has 32 heavy (non-hydrogen) atoms. The van der Waals surface area contributed by atoms with Crippen LogP contribution in [0.5, 0.6) is 5.88 Å². The standard InChI is InChI=1S/C21H25N5O5S/c1-25-8-10-26(11-9-25)32(30,31)16-6-7-18-17(13-16)20(21(29)22-18)24-23-19(28)12-14-2-4-15(27)5-3-14/h2,4-7,13-14H,3,8-12H2,1H3,(H3-,22,23,24,27,28,29,30,31)/p+1. The Bertz CT molecular complexity index is 1160. The summed E-state index contributed by atoms with van der Waals surface area (Å²) in [5.41, 5.74) is 0.553. The van der Waals surface area contributed by atoms with Crippen LogP contribution in [0.15, 0.2) is 57.3 Å². The van der Waals surface area contributed by atoms with Crippen LogP contribution < -0.4 is 0 Å². The summed E-state index contributed by atoms with van der Waals surface area (Å²) in [7, 11) is -1.48. The Balaban J connectivity index is 1.55. The van der Waals surface area contributed by atoms with Crippen LogP contribution in [0.1, 0.15) is 12.8 Å². The number of likely N-dealkylation sites (N-methyl/N-ethyl adjacent to an activating group) is 1. The van der Waals surface area contributed by atoms with E-state index >= 15 is 0 Å². The molecule has 10 nitrogen and oxygen atoms in total. The summed E-state index contributed by atoms with van der Waals surface area (Å²) in [6.45, 7) is 2.31. The third-order valence-corrected chi connectivity index (χ3v) is 7.64. The number of nitrogens with zero attached hydrogens (tertiary/aromatic N) is 4. The number of aromatic hydroxyl groups is 1. The zero-order chi connectivity index (χ0) is 22.9. The maximum atomic E-state index is 13.2. The van der Waals surface area contributed by atoms with Crippen LogP contribution in [0.2, 0.25) is 0 Å². The lowest BCUT2D eigenvalue weighted by molar-refractivity contribution is -0.118. The molecule has 2 unspecified atom stereocenters. The van der Waals surface area contributed by atoms with Gasteiger partial charge in [-0.25, -0.2) is 0 Å². The quantitative estimate of drug-likeness (QED) is 0.398. The molecular formula is C21H26N5O5S+. The van der Waals surface area contributed by atoms with Gasteiger partial charge in [0.05, 0.1) is 18.6 Å². The summed E-state index contributed by atoms with van der Waals surface area (Å²) >= 11 is 0. The lowest BCUT2D eigenvalue weighted by atomic mass is 9.96. The summed E-state index contributed by atoms with van der Waals surface area (Å²) in [6.07, 6.45) is 5.57. The van der Waals surface area contributed by atoms with Gasteiger partial charge in [0, 0.05) is 37.0 Å². The molecule has 1 amide bonds. The first-order chi connectivity index (χ1) is 15.2.